The Kier molecular flexibility index (Phi) is 4.05. The minimum atomic E-state index is -0.808. The molecule has 2 aliphatic rings. The molecule has 1 fully saturated rings. The second-order valence-electron chi connectivity index (χ2n) is 6.60. The monoisotopic (exact) mass is 302 g/mol. The maximum Gasteiger partial charge on any atom is 0.317 e. The summed E-state index contributed by atoms with van der Waals surface area (Å²) < 4.78 is 0. The van der Waals surface area contributed by atoms with E-state index in [1.165, 1.54) is 11.1 Å². The van der Waals surface area contributed by atoms with Crippen molar-refractivity contribution >= 4 is 12.0 Å². The summed E-state index contributed by atoms with van der Waals surface area (Å²) in [5, 5.41) is 12.3. The molecule has 1 heterocycles. The van der Waals surface area contributed by atoms with Crippen molar-refractivity contribution < 1.29 is 14.7 Å². The Labute approximate surface area is 130 Å². The maximum absolute atomic E-state index is 12.4. The van der Waals surface area contributed by atoms with Crippen molar-refractivity contribution in [1.29, 1.82) is 0 Å². The minimum absolute atomic E-state index is 0.116. The van der Waals surface area contributed by atoms with Crippen LogP contribution in [0.5, 0.6) is 0 Å². The molecule has 0 bridgehead atoms. The zero-order valence-corrected chi connectivity index (χ0v) is 12.8. The van der Waals surface area contributed by atoms with Crippen LogP contribution in [-0.4, -0.2) is 41.1 Å². The van der Waals surface area contributed by atoms with E-state index in [0.717, 1.165) is 12.8 Å². The number of carbonyl (C=O) groups excluding carboxylic acids is 1. The summed E-state index contributed by atoms with van der Waals surface area (Å²) in [5.41, 5.74) is 2.59. The van der Waals surface area contributed by atoms with E-state index in [0.29, 0.717) is 19.5 Å². The number of benzene rings is 1. The summed E-state index contributed by atoms with van der Waals surface area (Å²) in [6.07, 6.45) is 2.36. The van der Waals surface area contributed by atoms with Gasteiger partial charge in [-0.3, -0.25) is 4.79 Å². The molecule has 22 heavy (non-hydrogen) atoms. The Morgan fingerprint density at radius 1 is 1.18 bits per heavy atom. The average molecular weight is 302 g/mol. The maximum atomic E-state index is 12.4. The van der Waals surface area contributed by atoms with Gasteiger partial charge in [0.1, 0.15) is 0 Å². The van der Waals surface area contributed by atoms with Gasteiger partial charge in [-0.1, -0.05) is 31.2 Å². The fourth-order valence-corrected chi connectivity index (χ4v) is 3.62. The predicted molar refractivity (Wildman–Crippen MR) is 82.6 cm³/mol. The zero-order chi connectivity index (χ0) is 15.7. The summed E-state index contributed by atoms with van der Waals surface area (Å²) in [4.78, 5) is 25.3. The SMILES string of the molecule is CC1CC(C(=O)O)CN(C(=O)NC2Cc3ccccc3C2)C1. The molecule has 2 atom stereocenters. The molecule has 0 radical (unpaired) electrons. The van der Waals surface area contributed by atoms with Crippen LogP contribution in [0.4, 0.5) is 4.79 Å². The highest BCUT2D eigenvalue weighted by atomic mass is 16.4. The third-order valence-electron chi connectivity index (χ3n) is 4.67. The number of fused-ring (bicyclic) bond motifs is 1. The molecule has 1 aromatic rings. The van der Waals surface area contributed by atoms with Crippen LogP contribution < -0.4 is 5.32 Å². The van der Waals surface area contributed by atoms with Crippen LogP contribution in [0.3, 0.4) is 0 Å². The quantitative estimate of drug-likeness (QED) is 0.876. The number of likely N-dealkylation sites (tertiary alicyclic amines) is 1. The fourth-order valence-electron chi connectivity index (χ4n) is 3.62. The summed E-state index contributed by atoms with van der Waals surface area (Å²) in [6, 6.07) is 8.23. The number of hydrogen-bond acceptors (Lipinski definition) is 2. The third kappa shape index (κ3) is 3.08. The van der Waals surface area contributed by atoms with E-state index in [2.05, 4.69) is 17.4 Å². The molecule has 0 saturated carbocycles. The van der Waals surface area contributed by atoms with E-state index >= 15 is 0 Å². The first-order chi connectivity index (χ1) is 10.5. The summed E-state index contributed by atoms with van der Waals surface area (Å²) >= 11 is 0. The lowest BCUT2D eigenvalue weighted by Crippen LogP contribution is -2.51. The Balaban J connectivity index is 1.59. The van der Waals surface area contributed by atoms with Crippen molar-refractivity contribution in [2.45, 2.75) is 32.2 Å². The summed E-state index contributed by atoms with van der Waals surface area (Å²) in [6.45, 7) is 2.95. The van der Waals surface area contributed by atoms with E-state index < -0.39 is 11.9 Å². The molecule has 118 valence electrons. The number of carbonyl (C=O) groups is 2. The third-order valence-corrected chi connectivity index (χ3v) is 4.67. The van der Waals surface area contributed by atoms with Crippen molar-refractivity contribution in [1.82, 2.24) is 10.2 Å². The topological polar surface area (TPSA) is 69.6 Å². The van der Waals surface area contributed by atoms with Crippen LogP contribution in [0.25, 0.3) is 0 Å². The summed E-state index contributed by atoms with van der Waals surface area (Å²) in [5.74, 6) is -1.03. The van der Waals surface area contributed by atoms with Gasteiger partial charge in [0.2, 0.25) is 0 Å². The Bertz CT molecular complexity index is 562. The first-order valence-corrected chi connectivity index (χ1v) is 7.88. The molecule has 1 saturated heterocycles. The van der Waals surface area contributed by atoms with Crippen LogP contribution in [0.15, 0.2) is 24.3 Å². The second-order valence-corrected chi connectivity index (χ2v) is 6.60. The van der Waals surface area contributed by atoms with Crippen LogP contribution in [-0.2, 0) is 17.6 Å². The molecule has 5 heteroatoms. The van der Waals surface area contributed by atoms with E-state index in [1.807, 2.05) is 19.1 Å². The molecular weight excluding hydrogens is 280 g/mol. The number of aliphatic carboxylic acids is 1. The predicted octanol–water partition coefficient (Wildman–Crippen LogP) is 1.91. The number of rotatable bonds is 2. The van der Waals surface area contributed by atoms with Crippen molar-refractivity contribution in [3.63, 3.8) is 0 Å². The van der Waals surface area contributed by atoms with Crippen molar-refractivity contribution in [2.75, 3.05) is 13.1 Å². The molecule has 2 unspecified atom stereocenters. The minimum Gasteiger partial charge on any atom is -0.481 e. The van der Waals surface area contributed by atoms with Gasteiger partial charge in [-0.15, -0.1) is 0 Å². The molecular formula is C17H22N2O3. The Morgan fingerprint density at radius 3 is 2.41 bits per heavy atom. The van der Waals surface area contributed by atoms with E-state index in [-0.39, 0.29) is 18.0 Å². The van der Waals surface area contributed by atoms with Gasteiger partial charge in [-0.05, 0) is 36.3 Å². The highest BCUT2D eigenvalue weighted by Crippen LogP contribution is 2.24. The van der Waals surface area contributed by atoms with Gasteiger partial charge < -0.3 is 15.3 Å². The van der Waals surface area contributed by atoms with Crippen molar-refractivity contribution in [3.8, 4) is 0 Å². The van der Waals surface area contributed by atoms with Gasteiger partial charge in [0, 0.05) is 19.1 Å². The molecule has 2 N–H and O–H groups in total. The standard InChI is InChI=1S/C17H22N2O3/c1-11-6-14(16(20)21)10-19(9-11)17(22)18-15-7-12-4-2-3-5-13(12)8-15/h2-5,11,14-15H,6-10H2,1H3,(H,18,22)(H,20,21). The largest absolute Gasteiger partial charge is 0.481 e. The molecule has 1 aliphatic heterocycles. The lowest BCUT2D eigenvalue weighted by atomic mass is 9.91. The molecule has 2 amide bonds. The fraction of sp³-hybridized carbons (Fsp3) is 0.529. The molecule has 1 aromatic carbocycles. The molecule has 0 spiro atoms. The van der Waals surface area contributed by atoms with Gasteiger partial charge in [-0.2, -0.15) is 0 Å². The van der Waals surface area contributed by atoms with Crippen LogP contribution >= 0.6 is 0 Å². The molecule has 0 aromatic heterocycles. The Morgan fingerprint density at radius 2 is 1.82 bits per heavy atom. The number of amides is 2. The van der Waals surface area contributed by atoms with Crippen LogP contribution in [0, 0.1) is 11.8 Å². The lowest BCUT2D eigenvalue weighted by Gasteiger charge is -2.35. The molecule has 1 aliphatic carbocycles. The van der Waals surface area contributed by atoms with Gasteiger partial charge in [0.25, 0.3) is 0 Å². The van der Waals surface area contributed by atoms with Crippen LogP contribution in [0.2, 0.25) is 0 Å². The number of carboxylic acids is 1. The average Bonchev–Trinajstić information content (AvgIpc) is 2.88. The number of nitrogens with one attached hydrogen (secondary N) is 1. The van der Waals surface area contributed by atoms with Gasteiger partial charge in [-0.25, -0.2) is 4.79 Å². The number of hydrogen-bond donors (Lipinski definition) is 2. The normalized spacial score (nSPS) is 24.9. The first-order valence-electron chi connectivity index (χ1n) is 7.88. The lowest BCUT2D eigenvalue weighted by molar-refractivity contribution is -0.143. The molecule has 5 nitrogen and oxygen atoms in total. The summed E-state index contributed by atoms with van der Waals surface area (Å²) in [7, 11) is 0. The number of carboxylic acid groups (broad SMARTS) is 1. The smallest absolute Gasteiger partial charge is 0.317 e. The number of nitrogens with zero attached hydrogens (tertiary/aromatic N) is 1. The van der Waals surface area contributed by atoms with Crippen molar-refractivity contribution in [3.05, 3.63) is 35.4 Å². The zero-order valence-electron chi connectivity index (χ0n) is 12.8. The van der Waals surface area contributed by atoms with Crippen molar-refractivity contribution in [2.24, 2.45) is 11.8 Å². The molecule has 3 rings (SSSR count). The van der Waals surface area contributed by atoms with E-state index in [9.17, 15) is 14.7 Å². The first kappa shape index (κ1) is 14.9. The number of urea groups is 1. The highest BCUT2D eigenvalue weighted by Gasteiger charge is 2.33. The second kappa shape index (κ2) is 5.99. The highest BCUT2D eigenvalue weighted by molar-refractivity contribution is 5.77. The van der Waals surface area contributed by atoms with Gasteiger partial charge in [0.15, 0.2) is 0 Å². The van der Waals surface area contributed by atoms with E-state index in [4.69, 9.17) is 0 Å². The van der Waals surface area contributed by atoms with Crippen LogP contribution in [0.1, 0.15) is 24.5 Å². The van der Waals surface area contributed by atoms with Gasteiger partial charge >= 0.3 is 12.0 Å². The number of piperidine rings is 1. The van der Waals surface area contributed by atoms with E-state index in [1.54, 1.807) is 4.90 Å². The Hall–Kier alpha value is -2.04. The van der Waals surface area contributed by atoms with Gasteiger partial charge in [0.05, 0.1) is 5.92 Å².